The second-order valence-electron chi connectivity index (χ2n) is 5.00. The minimum atomic E-state index is -0.911. The lowest BCUT2D eigenvalue weighted by atomic mass is 9.87. The number of hydrogen-bond acceptors (Lipinski definition) is 6. The molecule has 7 heteroatoms. The first kappa shape index (κ1) is 13.6. The van der Waals surface area contributed by atoms with E-state index in [4.69, 9.17) is 15.2 Å². The predicted molar refractivity (Wildman–Crippen MR) is 67.3 cm³/mol. The molecule has 0 fully saturated rings. The molecule has 19 heavy (non-hydrogen) atoms. The topological polar surface area (TPSA) is 108 Å². The quantitative estimate of drug-likeness (QED) is 0.615. The van der Waals surface area contributed by atoms with Gasteiger partial charge in [-0.25, -0.2) is 0 Å². The van der Waals surface area contributed by atoms with E-state index in [9.17, 15) is 15.2 Å². The highest BCUT2D eigenvalue weighted by Crippen LogP contribution is 2.43. The minimum Gasteiger partial charge on any atom is -0.490 e. The van der Waals surface area contributed by atoms with E-state index in [1.54, 1.807) is 13.8 Å². The van der Waals surface area contributed by atoms with Gasteiger partial charge in [0.05, 0.1) is 24.1 Å². The van der Waals surface area contributed by atoms with Crippen molar-refractivity contribution in [3.8, 4) is 11.5 Å². The van der Waals surface area contributed by atoms with E-state index in [1.165, 1.54) is 19.2 Å². The number of ether oxygens (including phenoxy) is 2. The van der Waals surface area contributed by atoms with Crippen molar-refractivity contribution >= 4 is 5.69 Å². The monoisotopic (exact) mass is 268 g/mol. The molecule has 0 spiro atoms. The number of benzene rings is 1. The summed E-state index contributed by atoms with van der Waals surface area (Å²) in [5, 5.41) is 21.0. The number of nitrogens with two attached hydrogens (primary N) is 1. The van der Waals surface area contributed by atoms with Crippen LogP contribution >= 0.6 is 0 Å². The Kier molecular flexibility index (Phi) is 3.11. The fourth-order valence-corrected chi connectivity index (χ4v) is 2.17. The van der Waals surface area contributed by atoms with Gasteiger partial charge in [0.15, 0.2) is 5.75 Å². The largest absolute Gasteiger partial charge is 0.490 e. The first-order valence-electron chi connectivity index (χ1n) is 5.77. The van der Waals surface area contributed by atoms with Gasteiger partial charge < -0.3 is 20.3 Å². The summed E-state index contributed by atoms with van der Waals surface area (Å²) in [4.78, 5) is 10.4. The van der Waals surface area contributed by atoms with E-state index >= 15 is 0 Å². The summed E-state index contributed by atoms with van der Waals surface area (Å²) in [6.07, 6.45) is -0.911. The van der Waals surface area contributed by atoms with Crippen molar-refractivity contribution < 1.29 is 19.5 Å². The lowest BCUT2D eigenvalue weighted by molar-refractivity contribution is -0.385. The molecule has 0 amide bonds. The predicted octanol–water partition coefficient (Wildman–Crippen LogP) is 1.14. The van der Waals surface area contributed by atoms with Gasteiger partial charge in [-0.15, -0.1) is 0 Å². The summed E-state index contributed by atoms with van der Waals surface area (Å²) in [5.74, 6) is 0.394. The number of nitro groups is 1. The van der Waals surface area contributed by atoms with Gasteiger partial charge in [-0.3, -0.25) is 10.1 Å². The molecule has 0 saturated heterocycles. The van der Waals surface area contributed by atoms with Gasteiger partial charge in [0, 0.05) is 5.56 Å². The van der Waals surface area contributed by atoms with Crippen molar-refractivity contribution in [2.75, 3.05) is 7.11 Å². The van der Waals surface area contributed by atoms with E-state index in [2.05, 4.69) is 0 Å². The molecule has 0 saturated carbocycles. The molecule has 0 radical (unpaired) electrons. The second kappa shape index (κ2) is 4.36. The van der Waals surface area contributed by atoms with Crippen molar-refractivity contribution in [1.29, 1.82) is 0 Å². The van der Waals surface area contributed by atoms with Crippen molar-refractivity contribution in [1.82, 2.24) is 0 Å². The Bertz CT molecular complexity index is 529. The van der Waals surface area contributed by atoms with Crippen LogP contribution in [-0.2, 0) is 0 Å². The van der Waals surface area contributed by atoms with E-state index < -0.39 is 22.7 Å². The molecule has 104 valence electrons. The summed E-state index contributed by atoms with van der Waals surface area (Å²) in [6, 6.07) is 2.03. The van der Waals surface area contributed by atoms with Crippen LogP contribution in [0.4, 0.5) is 5.69 Å². The molecule has 2 atom stereocenters. The number of aliphatic hydroxyl groups excluding tert-OH is 1. The summed E-state index contributed by atoms with van der Waals surface area (Å²) < 4.78 is 10.6. The Hall–Kier alpha value is -1.86. The third-order valence-electron chi connectivity index (χ3n) is 3.29. The second-order valence-corrected chi connectivity index (χ2v) is 5.00. The maximum Gasteiger partial charge on any atom is 0.314 e. The first-order chi connectivity index (χ1) is 8.77. The maximum atomic E-state index is 11.0. The number of nitrogens with zero attached hydrogens (tertiary/aromatic N) is 1. The third-order valence-corrected chi connectivity index (χ3v) is 3.29. The normalized spacial score (nSPS) is 24.3. The number of aliphatic hydroxyl groups is 1. The van der Waals surface area contributed by atoms with E-state index in [1.807, 2.05) is 0 Å². The Morgan fingerprint density at radius 2 is 2.16 bits per heavy atom. The van der Waals surface area contributed by atoms with Gasteiger partial charge in [-0.1, -0.05) is 0 Å². The highest BCUT2D eigenvalue weighted by atomic mass is 16.6. The lowest BCUT2D eigenvalue weighted by Crippen LogP contribution is -2.51. The minimum absolute atomic E-state index is 0.0923. The van der Waals surface area contributed by atoms with Crippen molar-refractivity contribution in [3.63, 3.8) is 0 Å². The van der Waals surface area contributed by atoms with Crippen LogP contribution in [-0.4, -0.2) is 28.8 Å². The standard InChI is InChI=1S/C12H16N2O5/c1-12(2)11(15)10(13)6-4-9(18-3)7(14(16)17)5-8(6)19-12/h4-5,10-11,15H,13H2,1-3H3/t10-,11+/m0/s1. The van der Waals surface area contributed by atoms with Gasteiger partial charge in [0.1, 0.15) is 17.5 Å². The Labute approximate surface area is 110 Å². The van der Waals surface area contributed by atoms with Gasteiger partial charge >= 0.3 is 5.69 Å². The highest BCUT2D eigenvalue weighted by Gasteiger charge is 2.42. The average molecular weight is 268 g/mol. The fourth-order valence-electron chi connectivity index (χ4n) is 2.17. The lowest BCUT2D eigenvalue weighted by Gasteiger charge is -2.40. The molecular formula is C12H16N2O5. The van der Waals surface area contributed by atoms with Gasteiger partial charge in [0.2, 0.25) is 0 Å². The van der Waals surface area contributed by atoms with Crippen molar-refractivity contribution in [3.05, 3.63) is 27.8 Å². The number of nitro benzene ring substituents is 1. The zero-order chi connectivity index (χ0) is 14.4. The average Bonchev–Trinajstić information content (AvgIpc) is 2.34. The van der Waals surface area contributed by atoms with Crippen LogP contribution in [0.2, 0.25) is 0 Å². The fraction of sp³-hybridized carbons (Fsp3) is 0.500. The van der Waals surface area contributed by atoms with Crippen LogP contribution in [0.15, 0.2) is 12.1 Å². The van der Waals surface area contributed by atoms with Crippen LogP contribution in [0, 0.1) is 10.1 Å². The summed E-state index contributed by atoms with van der Waals surface area (Å²) in [5.41, 5.74) is 5.35. The van der Waals surface area contributed by atoms with E-state index in [0.717, 1.165) is 0 Å². The molecule has 2 rings (SSSR count). The molecule has 1 aliphatic heterocycles. The molecule has 1 aliphatic rings. The molecule has 7 nitrogen and oxygen atoms in total. The summed E-state index contributed by atoms with van der Waals surface area (Å²) >= 11 is 0. The molecular weight excluding hydrogens is 252 g/mol. The third kappa shape index (κ3) is 2.11. The van der Waals surface area contributed by atoms with Crippen LogP contribution in [0.5, 0.6) is 11.5 Å². The molecule has 1 aromatic rings. The Morgan fingerprint density at radius 3 is 2.68 bits per heavy atom. The zero-order valence-electron chi connectivity index (χ0n) is 10.9. The van der Waals surface area contributed by atoms with Gasteiger partial charge in [0.25, 0.3) is 0 Å². The number of rotatable bonds is 2. The van der Waals surface area contributed by atoms with Crippen molar-refractivity contribution in [2.24, 2.45) is 5.73 Å². The molecule has 1 aromatic carbocycles. The van der Waals surface area contributed by atoms with Crippen LogP contribution in [0.25, 0.3) is 0 Å². The van der Waals surface area contributed by atoms with Crippen LogP contribution < -0.4 is 15.2 Å². The van der Waals surface area contributed by atoms with Gasteiger partial charge in [-0.05, 0) is 19.9 Å². The molecule has 3 N–H and O–H groups in total. The number of hydrogen-bond donors (Lipinski definition) is 2. The van der Waals surface area contributed by atoms with Crippen LogP contribution in [0.1, 0.15) is 25.5 Å². The molecule has 0 bridgehead atoms. The molecule has 1 heterocycles. The number of methoxy groups -OCH3 is 1. The van der Waals surface area contributed by atoms with E-state index in [-0.39, 0.29) is 11.4 Å². The van der Waals surface area contributed by atoms with Crippen molar-refractivity contribution in [2.45, 2.75) is 31.6 Å². The summed E-state index contributed by atoms with van der Waals surface area (Å²) in [6.45, 7) is 3.35. The first-order valence-corrected chi connectivity index (χ1v) is 5.77. The van der Waals surface area contributed by atoms with Gasteiger partial charge in [-0.2, -0.15) is 0 Å². The Balaban J connectivity index is 2.60. The SMILES string of the molecule is COc1cc2c(cc1[N+](=O)[O-])OC(C)(C)[C@H](O)[C@H]2N. The van der Waals surface area contributed by atoms with E-state index in [0.29, 0.717) is 11.3 Å². The number of fused-ring (bicyclic) bond motifs is 1. The maximum absolute atomic E-state index is 11.0. The Morgan fingerprint density at radius 1 is 1.53 bits per heavy atom. The smallest absolute Gasteiger partial charge is 0.314 e. The molecule has 0 aliphatic carbocycles. The molecule has 0 aromatic heterocycles. The zero-order valence-corrected chi connectivity index (χ0v) is 10.9. The highest BCUT2D eigenvalue weighted by molar-refractivity contribution is 5.57. The molecule has 0 unspecified atom stereocenters. The van der Waals surface area contributed by atoms with Crippen LogP contribution in [0.3, 0.4) is 0 Å². The summed E-state index contributed by atoms with van der Waals surface area (Å²) in [7, 11) is 1.34.